The van der Waals surface area contributed by atoms with Gasteiger partial charge in [-0.1, -0.05) is 12.5 Å². The van der Waals surface area contributed by atoms with Crippen LogP contribution < -0.4 is 20.5 Å². The standard InChI is InChI=1S/C16H22F2N2O3.ClH/c1-22-13-6-5-10(7-14(13)23-16(17)18)9-20-15(21)8-11-3-2-4-12(11)19;/h5-7,11-12,16H,2-4,8-9,19H2,1H3,(H,20,21);1H/t11-,12+;/m0./s1. The van der Waals surface area contributed by atoms with Crippen LogP contribution in [0.25, 0.3) is 0 Å². The van der Waals surface area contributed by atoms with E-state index in [0.29, 0.717) is 12.0 Å². The molecule has 0 aliphatic heterocycles. The van der Waals surface area contributed by atoms with Crippen molar-refractivity contribution in [1.29, 1.82) is 0 Å². The van der Waals surface area contributed by atoms with E-state index in [-0.39, 0.29) is 48.3 Å². The van der Waals surface area contributed by atoms with Crippen molar-refractivity contribution >= 4 is 18.3 Å². The summed E-state index contributed by atoms with van der Waals surface area (Å²) in [6, 6.07) is 4.75. The fourth-order valence-corrected chi connectivity index (χ4v) is 2.85. The zero-order valence-electron chi connectivity index (χ0n) is 13.5. The Morgan fingerprint density at radius 2 is 2.12 bits per heavy atom. The Morgan fingerprint density at radius 1 is 1.38 bits per heavy atom. The van der Waals surface area contributed by atoms with Crippen molar-refractivity contribution in [3.8, 4) is 11.5 Å². The van der Waals surface area contributed by atoms with Crippen molar-refractivity contribution in [3.63, 3.8) is 0 Å². The Hall–Kier alpha value is -1.60. The van der Waals surface area contributed by atoms with Crippen molar-refractivity contribution in [3.05, 3.63) is 23.8 Å². The molecule has 1 aliphatic carbocycles. The zero-order valence-corrected chi connectivity index (χ0v) is 14.3. The number of carbonyl (C=O) groups excluding carboxylic acids is 1. The maximum absolute atomic E-state index is 12.4. The molecule has 0 radical (unpaired) electrons. The van der Waals surface area contributed by atoms with Gasteiger partial charge in [0.05, 0.1) is 7.11 Å². The van der Waals surface area contributed by atoms with E-state index in [1.807, 2.05) is 0 Å². The second-order valence-corrected chi connectivity index (χ2v) is 5.70. The highest BCUT2D eigenvalue weighted by Crippen LogP contribution is 2.30. The van der Waals surface area contributed by atoms with Crippen LogP contribution in [0.15, 0.2) is 18.2 Å². The molecule has 5 nitrogen and oxygen atoms in total. The molecule has 136 valence electrons. The third kappa shape index (κ3) is 5.79. The van der Waals surface area contributed by atoms with Gasteiger partial charge >= 0.3 is 6.61 Å². The Labute approximate surface area is 146 Å². The first-order valence-corrected chi connectivity index (χ1v) is 7.63. The van der Waals surface area contributed by atoms with E-state index in [1.165, 1.54) is 19.2 Å². The van der Waals surface area contributed by atoms with Crippen LogP contribution in [-0.4, -0.2) is 25.7 Å². The van der Waals surface area contributed by atoms with Crippen LogP contribution in [0.5, 0.6) is 11.5 Å². The van der Waals surface area contributed by atoms with E-state index in [9.17, 15) is 13.6 Å². The average Bonchev–Trinajstić information content (AvgIpc) is 2.90. The van der Waals surface area contributed by atoms with E-state index < -0.39 is 6.61 Å². The molecule has 3 N–H and O–H groups in total. The molecule has 1 aromatic rings. The molecule has 2 rings (SSSR count). The maximum atomic E-state index is 12.4. The van der Waals surface area contributed by atoms with E-state index in [2.05, 4.69) is 10.1 Å². The zero-order chi connectivity index (χ0) is 16.8. The van der Waals surface area contributed by atoms with Crippen LogP contribution >= 0.6 is 12.4 Å². The number of halogens is 3. The van der Waals surface area contributed by atoms with Gasteiger partial charge in [-0.25, -0.2) is 0 Å². The minimum absolute atomic E-state index is 0. The monoisotopic (exact) mass is 364 g/mol. The number of hydrogen-bond acceptors (Lipinski definition) is 4. The molecular weight excluding hydrogens is 342 g/mol. The number of ether oxygens (including phenoxy) is 2. The molecule has 8 heteroatoms. The molecule has 0 saturated heterocycles. The van der Waals surface area contributed by atoms with Gasteiger partial charge in [-0.05, 0) is 36.5 Å². The number of benzene rings is 1. The van der Waals surface area contributed by atoms with Gasteiger partial charge in [0.1, 0.15) is 0 Å². The number of amides is 1. The third-order valence-corrected chi connectivity index (χ3v) is 4.10. The quantitative estimate of drug-likeness (QED) is 0.780. The highest BCUT2D eigenvalue weighted by atomic mass is 35.5. The first-order valence-electron chi connectivity index (χ1n) is 7.63. The number of hydrogen-bond donors (Lipinski definition) is 2. The fraction of sp³-hybridized carbons (Fsp3) is 0.562. The van der Waals surface area contributed by atoms with Gasteiger partial charge in [0.15, 0.2) is 11.5 Å². The topological polar surface area (TPSA) is 73.6 Å². The Kier molecular flexibility index (Phi) is 8.21. The summed E-state index contributed by atoms with van der Waals surface area (Å²) in [5.74, 6) is 0.312. The summed E-state index contributed by atoms with van der Waals surface area (Å²) >= 11 is 0. The van der Waals surface area contributed by atoms with Gasteiger partial charge < -0.3 is 20.5 Å². The van der Waals surface area contributed by atoms with Crippen LogP contribution in [0.4, 0.5) is 8.78 Å². The summed E-state index contributed by atoms with van der Waals surface area (Å²) in [4.78, 5) is 12.0. The van der Waals surface area contributed by atoms with Crippen molar-refractivity contribution in [2.24, 2.45) is 11.7 Å². The highest BCUT2D eigenvalue weighted by molar-refractivity contribution is 5.85. The van der Waals surface area contributed by atoms with E-state index in [4.69, 9.17) is 10.5 Å². The number of carbonyl (C=O) groups is 1. The second kappa shape index (κ2) is 9.64. The Balaban J connectivity index is 0.00000288. The molecule has 2 atom stereocenters. The molecule has 0 spiro atoms. The Bertz CT molecular complexity index is 546. The number of rotatable bonds is 7. The van der Waals surface area contributed by atoms with Crippen LogP contribution in [0, 0.1) is 5.92 Å². The predicted molar refractivity (Wildman–Crippen MR) is 88.7 cm³/mol. The minimum atomic E-state index is -2.93. The van der Waals surface area contributed by atoms with Crippen LogP contribution in [-0.2, 0) is 11.3 Å². The molecule has 1 amide bonds. The molecule has 0 bridgehead atoms. The summed E-state index contributed by atoms with van der Waals surface area (Å²) in [6.45, 7) is -2.69. The Morgan fingerprint density at radius 3 is 2.71 bits per heavy atom. The smallest absolute Gasteiger partial charge is 0.387 e. The molecule has 1 fully saturated rings. The van der Waals surface area contributed by atoms with Gasteiger partial charge in [-0.2, -0.15) is 8.78 Å². The van der Waals surface area contributed by atoms with Gasteiger partial charge in [-0.3, -0.25) is 4.79 Å². The first kappa shape index (κ1) is 20.4. The summed E-state index contributed by atoms with van der Waals surface area (Å²) in [6.07, 6.45) is 3.40. The summed E-state index contributed by atoms with van der Waals surface area (Å²) in [5.41, 5.74) is 6.61. The summed E-state index contributed by atoms with van der Waals surface area (Å²) < 4.78 is 34.2. The van der Waals surface area contributed by atoms with E-state index in [1.54, 1.807) is 6.07 Å². The predicted octanol–water partition coefficient (Wildman–Crippen LogP) is 2.85. The lowest BCUT2D eigenvalue weighted by atomic mass is 10.00. The van der Waals surface area contributed by atoms with Crippen molar-refractivity contribution in [1.82, 2.24) is 5.32 Å². The SMILES string of the molecule is COc1ccc(CNC(=O)C[C@@H]2CCC[C@H]2N)cc1OC(F)F.Cl. The molecule has 0 unspecified atom stereocenters. The average molecular weight is 365 g/mol. The lowest BCUT2D eigenvalue weighted by Crippen LogP contribution is -2.31. The van der Waals surface area contributed by atoms with Gasteiger partial charge in [0.25, 0.3) is 0 Å². The largest absolute Gasteiger partial charge is 0.493 e. The molecule has 24 heavy (non-hydrogen) atoms. The van der Waals surface area contributed by atoms with Gasteiger partial charge in [-0.15, -0.1) is 12.4 Å². The first-order chi connectivity index (χ1) is 11.0. The van der Waals surface area contributed by atoms with Crippen molar-refractivity contribution in [2.75, 3.05) is 7.11 Å². The van der Waals surface area contributed by atoms with Crippen LogP contribution in [0.1, 0.15) is 31.2 Å². The normalized spacial score (nSPS) is 19.7. The second-order valence-electron chi connectivity index (χ2n) is 5.70. The minimum Gasteiger partial charge on any atom is -0.493 e. The summed E-state index contributed by atoms with van der Waals surface area (Å²) in [7, 11) is 1.37. The van der Waals surface area contributed by atoms with Gasteiger partial charge in [0, 0.05) is 19.0 Å². The number of nitrogens with two attached hydrogens (primary N) is 1. The van der Waals surface area contributed by atoms with E-state index in [0.717, 1.165) is 19.3 Å². The van der Waals surface area contributed by atoms with E-state index >= 15 is 0 Å². The number of methoxy groups -OCH3 is 1. The van der Waals surface area contributed by atoms with Gasteiger partial charge in [0.2, 0.25) is 5.91 Å². The number of nitrogens with one attached hydrogen (secondary N) is 1. The molecule has 0 heterocycles. The third-order valence-electron chi connectivity index (χ3n) is 4.10. The molecule has 1 saturated carbocycles. The highest BCUT2D eigenvalue weighted by Gasteiger charge is 2.25. The molecule has 0 aromatic heterocycles. The molecule has 1 aromatic carbocycles. The summed E-state index contributed by atoms with van der Waals surface area (Å²) in [5, 5.41) is 2.79. The van der Waals surface area contributed by atoms with Crippen molar-refractivity contribution < 1.29 is 23.0 Å². The fourth-order valence-electron chi connectivity index (χ4n) is 2.85. The molecule has 1 aliphatic rings. The van der Waals surface area contributed by atoms with Crippen LogP contribution in [0.2, 0.25) is 0 Å². The lowest BCUT2D eigenvalue weighted by Gasteiger charge is -2.15. The lowest BCUT2D eigenvalue weighted by molar-refractivity contribution is -0.122. The number of alkyl halides is 2. The van der Waals surface area contributed by atoms with Crippen LogP contribution in [0.3, 0.4) is 0 Å². The maximum Gasteiger partial charge on any atom is 0.387 e. The molecular formula is C16H23ClF2N2O3. The van der Waals surface area contributed by atoms with Crippen molar-refractivity contribution in [2.45, 2.75) is 44.9 Å².